The lowest BCUT2D eigenvalue weighted by Crippen LogP contribution is -2.15. The molecule has 0 atom stereocenters. The highest BCUT2D eigenvalue weighted by Crippen LogP contribution is 2.58. The van der Waals surface area contributed by atoms with Crippen LogP contribution in [-0.2, 0) is 16.2 Å². The highest BCUT2D eigenvalue weighted by molar-refractivity contribution is 6.28. The molecule has 0 bridgehead atoms. The van der Waals surface area contributed by atoms with E-state index in [9.17, 15) is 0 Å². The van der Waals surface area contributed by atoms with E-state index in [1.165, 1.54) is 199 Å². The number of fused-ring (bicyclic) bond motifs is 13. The van der Waals surface area contributed by atoms with Gasteiger partial charge in [0.25, 0.3) is 0 Å². The zero-order valence-electron chi connectivity index (χ0n) is 55.5. The smallest absolute Gasteiger partial charge is 0.0159 e. The van der Waals surface area contributed by atoms with E-state index < -0.39 is 0 Å². The van der Waals surface area contributed by atoms with Crippen molar-refractivity contribution in [1.82, 2.24) is 0 Å². The van der Waals surface area contributed by atoms with E-state index in [0.29, 0.717) is 0 Å². The van der Waals surface area contributed by atoms with Gasteiger partial charge in [0.15, 0.2) is 0 Å². The summed E-state index contributed by atoms with van der Waals surface area (Å²) in [5, 5.41) is 10.1. The molecule has 0 fully saturated rings. The number of rotatable bonds is 8. The van der Waals surface area contributed by atoms with Crippen molar-refractivity contribution in [2.45, 2.75) is 57.8 Å². The zero-order valence-corrected chi connectivity index (χ0v) is 55.5. The second-order valence-electron chi connectivity index (χ2n) is 28.9. The molecular weight excluding hydrogens is 1170 g/mol. The van der Waals surface area contributed by atoms with Gasteiger partial charge in [0.05, 0.1) is 0 Å². The van der Waals surface area contributed by atoms with Gasteiger partial charge < -0.3 is 0 Å². The van der Waals surface area contributed by atoms with Gasteiger partial charge in [-0.3, -0.25) is 0 Å². The topological polar surface area (TPSA) is 0 Å². The van der Waals surface area contributed by atoms with Crippen LogP contribution < -0.4 is 0 Å². The minimum Gasteiger partial charge on any atom is -0.0622 e. The van der Waals surface area contributed by atoms with E-state index in [-0.39, 0.29) is 16.2 Å². The van der Waals surface area contributed by atoms with Crippen LogP contribution in [0.1, 0.15) is 74.9 Å². The minimum atomic E-state index is -0.288. The van der Waals surface area contributed by atoms with Crippen LogP contribution in [0.4, 0.5) is 0 Å². The molecule has 0 unspecified atom stereocenters. The number of hydrogen-bond donors (Lipinski definition) is 0. The molecule has 458 valence electrons. The monoisotopic (exact) mass is 1230 g/mol. The minimum absolute atomic E-state index is 0.121. The Balaban J connectivity index is 0.722. The van der Waals surface area contributed by atoms with Crippen molar-refractivity contribution in [1.29, 1.82) is 0 Å². The predicted molar refractivity (Wildman–Crippen MR) is 413 cm³/mol. The first kappa shape index (κ1) is 57.0. The molecule has 16 aromatic rings. The van der Waals surface area contributed by atoms with E-state index >= 15 is 0 Å². The van der Waals surface area contributed by atoms with Crippen LogP contribution in [0.3, 0.4) is 0 Å². The van der Waals surface area contributed by atoms with Crippen molar-refractivity contribution in [2.75, 3.05) is 0 Å². The Morgan fingerprint density at radius 3 is 0.804 bits per heavy atom. The summed E-state index contributed by atoms with van der Waals surface area (Å²) in [6.07, 6.45) is 0. The summed E-state index contributed by atoms with van der Waals surface area (Å²) in [6, 6.07) is 120. The van der Waals surface area contributed by atoms with Gasteiger partial charge in [0.2, 0.25) is 0 Å². The van der Waals surface area contributed by atoms with Crippen LogP contribution in [0.15, 0.2) is 315 Å². The molecule has 0 saturated carbocycles. The van der Waals surface area contributed by atoms with Gasteiger partial charge in [-0.25, -0.2) is 0 Å². The molecule has 0 N–H and O–H groups in total. The lowest BCUT2D eigenvalue weighted by Gasteiger charge is -2.25. The van der Waals surface area contributed by atoms with Crippen molar-refractivity contribution in [3.8, 4) is 122 Å². The molecule has 3 aliphatic carbocycles. The Hall–Kier alpha value is -11.4. The van der Waals surface area contributed by atoms with Gasteiger partial charge in [-0.2, -0.15) is 0 Å². The molecule has 16 aromatic carbocycles. The maximum Gasteiger partial charge on any atom is 0.0159 e. The van der Waals surface area contributed by atoms with Crippen molar-refractivity contribution < 1.29 is 0 Å². The fourth-order valence-electron chi connectivity index (χ4n) is 18.0. The standard InChI is InChI=1S/C97H70/c1-95(2)82-43-22-21-34-71(82)72-51-46-65(56-85(72)95)88-77-35-19-20-36-78(77)90(92-68(37-23-40-79(88)92)59-26-11-7-12-27-59)66-47-52-75-73-49-44-63(54-83(73)96(3,4)86(75)57-66)64-45-50-74-76-53-48-67(58-87(76)97(5,6)84(74)55-64)91-81-42-25-38-69(60-28-13-8-14-29-60)93(81)89(62-32-17-10-18-33-62)80-41-24-39-70(94(80)91)61-30-15-9-16-31-61/h7-58H,1-6H3. The molecule has 0 heterocycles. The van der Waals surface area contributed by atoms with Gasteiger partial charge in [-0.15, -0.1) is 0 Å². The van der Waals surface area contributed by atoms with Crippen LogP contribution in [0.2, 0.25) is 0 Å². The molecule has 0 radical (unpaired) electrons. The van der Waals surface area contributed by atoms with Gasteiger partial charge in [-0.05, 0) is 229 Å². The Morgan fingerprint density at radius 2 is 0.402 bits per heavy atom. The fourth-order valence-corrected chi connectivity index (χ4v) is 18.0. The van der Waals surface area contributed by atoms with Gasteiger partial charge in [0.1, 0.15) is 0 Å². The fraction of sp³-hybridized carbons (Fsp3) is 0.0928. The van der Waals surface area contributed by atoms with E-state index in [1.54, 1.807) is 0 Å². The maximum absolute atomic E-state index is 2.55. The Bertz CT molecular complexity index is 5980. The average molecular weight is 1240 g/mol. The van der Waals surface area contributed by atoms with Crippen molar-refractivity contribution in [2.24, 2.45) is 0 Å². The molecule has 19 rings (SSSR count). The van der Waals surface area contributed by atoms with Crippen molar-refractivity contribution in [3.63, 3.8) is 0 Å². The normalized spacial score (nSPS) is 14.1. The number of hydrogen-bond acceptors (Lipinski definition) is 0. The van der Waals surface area contributed by atoms with Crippen LogP contribution >= 0.6 is 0 Å². The summed E-state index contributed by atoms with van der Waals surface area (Å²) in [5.74, 6) is 0. The SMILES string of the molecule is CC1(C)c2ccccc2-c2ccc(-c3c4ccccc4c(-c4ccc5c(c4)C(C)(C)c4cc(-c6ccc7c(c6)C(C)(C)c6cc(-c8c9cccc(-c%10ccccc%10)c9c(-c9ccccc9)c9cccc(-c%10ccccc%10)c89)ccc6-7)ccc4-5)c4c(-c5ccccc5)cccc34)cc21. The lowest BCUT2D eigenvalue weighted by molar-refractivity contribution is 0.660. The average Bonchev–Trinajstić information content (AvgIpc) is 1.70. The summed E-state index contributed by atoms with van der Waals surface area (Å²) in [6.45, 7) is 14.6. The van der Waals surface area contributed by atoms with Crippen LogP contribution in [0.5, 0.6) is 0 Å². The van der Waals surface area contributed by atoms with E-state index in [2.05, 4.69) is 357 Å². The first-order valence-corrected chi connectivity index (χ1v) is 34.5. The lowest BCUT2D eigenvalue weighted by atomic mass is 9.78. The van der Waals surface area contributed by atoms with Crippen LogP contribution in [-0.4, -0.2) is 0 Å². The molecule has 0 spiro atoms. The third-order valence-corrected chi connectivity index (χ3v) is 22.7. The molecule has 0 nitrogen and oxygen atoms in total. The molecule has 97 heavy (non-hydrogen) atoms. The van der Waals surface area contributed by atoms with Crippen LogP contribution in [0.25, 0.3) is 165 Å². The Labute approximate surface area is 568 Å². The second-order valence-corrected chi connectivity index (χ2v) is 28.9. The molecule has 0 aromatic heterocycles. The summed E-state index contributed by atoms with van der Waals surface area (Å²) in [5.41, 5.74) is 35.3. The summed E-state index contributed by atoms with van der Waals surface area (Å²) in [7, 11) is 0. The third-order valence-electron chi connectivity index (χ3n) is 22.7. The summed E-state index contributed by atoms with van der Waals surface area (Å²) in [4.78, 5) is 0. The molecule has 0 aliphatic heterocycles. The highest BCUT2D eigenvalue weighted by Gasteiger charge is 2.40. The number of benzene rings is 16. The van der Waals surface area contributed by atoms with Gasteiger partial charge in [-0.1, -0.05) is 327 Å². The molecule has 0 heteroatoms. The van der Waals surface area contributed by atoms with Gasteiger partial charge in [0, 0.05) is 16.2 Å². The largest absolute Gasteiger partial charge is 0.0622 e. The molecule has 0 saturated heterocycles. The van der Waals surface area contributed by atoms with Gasteiger partial charge >= 0.3 is 0 Å². The molecule has 3 aliphatic rings. The van der Waals surface area contributed by atoms with Crippen molar-refractivity contribution >= 4 is 43.1 Å². The third kappa shape index (κ3) is 8.42. The first-order chi connectivity index (χ1) is 47.4. The predicted octanol–water partition coefficient (Wildman–Crippen LogP) is 26.6. The first-order valence-electron chi connectivity index (χ1n) is 34.5. The quantitative estimate of drug-likeness (QED) is 0.133. The molecule has 0 amide bonds. The highest BCUT2D eigenvalue weighted by atomic mass is 14.4. The van der Waals surface area contributed by atoms with E-state index in [4.69, 9.17) is 0 Å². The molecular formula is C97H70. The van der Waals surface area contributed by atoms with E-state index in [1.807, 2.05) is 0 Å². The van der Waals surface area contributed by atoms with Crippen LogP contribution in [0, 0.1) is 0 Å². The Morgan fingerprint density at radius 1 is 0.155 bits per heavy atom. The van der Waals surface area contributed by atoms with E-state index in [0.717, 1.165) is 0 Å². The maximum atomic E-state index is 2.55. The zero-order chi connectivity index (χ0) is 65.1. The summed E-state index contributed by atoms with van der Waals surface area (Å²) < 4.78 is 0. The second kappa shape index (κ2) is 21.3. The van der Waals surface area contributed by atoms with Crippen molar-refractivity contribution in [3.05, 3.63) is 349 Å². The Kier molecular flexibility index (Phi) is 12.5. The summed E-state index contributed by atoms with van der Waals surface area (Å²) >= 11 is 0.